The highest BCUT2D eigenvalue weighted by molar-refractivity contribution is 5.89. The van der Waals surface area contributed by atoms with E-state index in [2.05, 4.69) is 11.9 Å². The third kappa shape index (κ3) is 2.77. The number of nitrogens with two attached hydrogens (primary N) is 1. The minimum absolute atomic E-state index is 0.291. The molecular formula is C13H18N2O2. The molecule has 1 aliphatic rings. The molecule has 0 aromatic heterocycles. The minimum atomic E-state index is -0.911. The zero-order valence-electron chi connectivity index (χ0n) is 10.0. The quantitative estimate of drug-likeness (QED) is 0.765. The standard InChI is InChI=1S/C13H18N2O2/c1-15-4-2-9(3-5-15)10-6-11(13(16)17)8-12(14)7-10/h6-9H,2-5,14H2,1H3,(H,16,17). The van der Waals surface area contributed by atoms with Crippen LogP contribution in [0.15, 0.2) is 18.2 Å². The van der Waals surface area contributed by atoms with Crippen LogP contribution in [0.4, 0.5) is 5.69 Å². The van der Waals surface area contributed by atoms with Crippen molar-refractivity contribution in [2.75, 3.05) is 25.9 Å². The van der Waals surface area contributed by atoms with Crippen LogP contribution < -0.4 is 5.73 Å². The van der Waals surface area contributed by atoms with Crippen LogP contribution >= 0.6 is 0 Å². The average Bonchev–Trinajstić information content (AvgIpc) is 2.29. The van der Waals surface area contributed by atoms with Gasteiger partial charge in [-0.25, -0.2) is 4.79 Å². The topological polar surface area (TPSA) is 66.6 Å². The first-order chi connectivity index (χ1) is 8.06. The molecule has 0 spiro atoms. The number of benzene rings is 1. The third-order valence-electron chi connectivity index (χ3n) is 3.41. The fourth-order valence-electron chi connectivity index (χ4n) is 2.38. The second kappa shape index (κ2) is 4.75. The molecule has 0 radical (unpaired) electrons. The Morgan fingerprint density at radius 1 is 1.35 bits per heavy atom. The maximum atomic E-state index is 11.0. The number of carbonyl (C=O) groups is 1. The van der Waals surface area contributed by atoms with Gasteiger partial charge < -0.3 is 15.7 Å². The van der Waals surface area contributed by atoms with Crippen molar-refractivity contribution < 1.29 is 9.90 Å². The Morgan fingerprint density at radius 3 is 2.59 bits per heavy atom. The molecule has 4 nitrogen and oxygen atoms in total. The number of hydrogen-bond donors (Lipinski definition) is 2. The summed E-state index contributed by atoms with van der Waals surface area (Å²) in [6, 6.07) is 5.18. The van der Waals surface area contributed by atoms with E-state index in [1.54, 1.807) is 6.07 Å². The molecule has 0 unspecified atom stereocenters. The number of carboxylic acids is 1. The predicted molar refractivity (Wildman–Crippen MR) is 67.3 cm³/mol. The lowest BCUT2D eigenvalue weighted by atomic mass is 9.88. The molecule has 0 atom stereocenters. The molecule has 3 N–H and O–H groups in total. The van der Waals surface area contributed by atoms with E-state index in [9.17, 15) is 4.79 Å². The van der Waals surface area contributed by atoms with E-state index < -0.39 is 5.97 Å². The number of rotatable bonds is 2. The van der Waals surface area contributed by atoms with Gasteiger partial charge >= 0.3 is 5.97 Å². The molecule has 92 valence electrons. The molecule has 0 bridgehead atoms. The van der Waals surface area contributed by atoms with Gasteiger partial charge in [-0.15, -0.1) is 0 Å². The number of piperidine rings is 1. The number of nitrogen functional groups attached to an aromatic ring is 1. The number of hydrogen-bond acceptors (Lipinski definition) is 3. The second-order valence-electron chi connectivity index (χ2n) is 4.77. The Bertz CT molecular complexity index is 423. The van der Waals surface area contributed by atoms with E-state index >= 15 is 0 Å². The maximum absolute atomic E-state index is 11.0. The van der Waals surface area contributed by atoms with Crippen molar-refractivity contribution in [1.82, 2.24) is 4.90 Å². The van der Waals surface area contributed by atoms with Crippen LogP contribution in [0.3, 0.4) is 0 Å². The summed E-state index contributed by atoms with van der Waals surface area (Å²) in [5.74, 6) is -0.473. The van der Waals surface area contributed by atoms with E-state index in [1.807, 2.05) is 6.07 Å². The molecule has 0 aliphatic carbocycles. The molecule has 0 amide bonds. The lowest BCUT2D eigenvalue weighted by molar-refractivity contribution is 0.0696. The van der Waals surface area contributed by atoms with Crippen LogP contribution in [0.5, 0.6) is 0 Å². The Labute approximate surface area is 101 Å². The predicted octanol–water partition coefficient (Wildman–Crippen LogP) is 1.78. The SMILES string of the molecule is CN1CCC(c2cc(N)cc(C(=O)O)c2)CC1. The van der Waals surface area contributed by atoms with Crippen molar-refractivity contribution in [3.05, 3.63) is 29.3 Å². The normalized spacial score (nSPS) is 18.2. The molecule has 2 rings (SSSR count). The van der Waals surface area contributed by atoms with Crippen LogP contribution in [-0.4, -0.2) is 36.1 Å². The molecule has 1 aromatic rings. The van der Waals surface area contributed by atoms with Gasteiger partial charge in [-0.1, -0.05) is 0 Å². The average molecular weight is 234 g/mol. The summed E-state index contributed by atoms with van der Waals surface area (Å²) in [5, 5.41) is 9.01. The first-order valence-electron chi connectivity index (χ1n) is 5.88. The van der Waals surface area contributed by atoms with Crippen LogP contribution in [0, 0.1) is 0 Å². The summed E-state index contributed by atoms with van der Waals surface area (Å²) in [4.78, 5) is 13.3. The largest absolute Gasteiger partial charge is 0.478 e. The Balaban J connectivity index is 2.23. The summed E-state index contributed by atoms with van der Waals surface area (Å²) >= 11 is 0. The smallest absolute Gasteiger partial charge is 0.335 e. The van der Waals surface area contributed by atoms with E-state index in [0.29, 0.717) is 17.2 Å². The van der Waals surface area contributed by atoms with Gasteiger partial charge in [0.2, 0.25) is 0 Å². The minimum Gasteiger partial charge on any atom is -0.478 e. The van der Waals surface area contributed by atoms with Crippen molar-refractivity contribution in [2.45, 2.75) is 18.8 Å². The van der Waals surface area contributed by atoms with Crippen molar-refractivity contribution in [2.24, 2.45) is 0 Å². The number of nitrogens with zero attached hydrogens (tertiary/aromatic N) is 1. The number of anilines is 1. The van der Waals surface area contributed by atoms with E-state index in [1.165, 1.54) is 6.07 Å². The highest BCUT2D eigenvalue weighted by Crippen LogP contribution is 2.29. The number of aromatic carboxylic acids is 1. The van der Waals surface area contributed by atoms with Crippen molar-refractivity contribution in [1.29, 1.82) is 0 Å². The zero-order valence-corrected chi connectivity index (χ0v) is 10.0. The molecule has 1 aromatic carbocycles. The second-order valence-corrected chi connectivity index (χ2v) is 4.77. The van der Waals surface area contributed by atoms with Gasteiger partial charge in [-0.2, -0.15) is 0 Å². The summed E-state index contributed by atoms with van der Waals surface area (Å²) in [7, 11) is 2.11. The summed E-state index contributed by atoms with van der Waals surface area (Å²) in [6.07, 6.45) is 2.14. The van der Waals surface area contributed by atoms with Gasteiger partial charge in [0, 0.05) is 5.69 Å². The van der Waals surface area contributed by atoms with Crippen LogP contribution in [0.1, 0.15) is 34.7 Å². The molecule has 1 aliphatic heterocycles. The highest BCUT2D eigenvalue weighted by atomic mass is 16.4. The maximum Gasteiger partial charge on any atom is 0.335 e. The van der Waals surface area contributed by atoms with E-state index in [4.69, 9.17) is 10.8 Å². The number of carboxylic acid groups (broad SMARTS) is 1. The summed E-state index contributed by atoms with van der Waals surface area (Å²) < 4.78 is 0. The molecule has 1 saturated heterocycles. The fourth-order valence-corrected chi connectivity index (χ4v) is 2.38. The first kappa shape index (κ1) is 11.9. The monoisotopic (exact) mass is 234 g/mol. The molecule has 1 fully saturated rings. The Hall–Kier alpha value is -1.55. The molecular weight excluding hydrogens is 216 g/mol. The van der Waals surface area contributed by atoms with Crippen molar-refractivity contribution in [3.8, 4) is 0 Å². The zero-order chi connectivity index (χ0) is 12.4. The highest BCUT2D eigenvalue weighted by Gasteiger charge is 2.19. The third-order valence-corrected chi connectivity index (χ3v) is 3.41. The van der Waals surface area contributed by atoms with Crippen LogP contribution in [-0.2, 0) is 0 Å². The van der Waals surface area contributed by atoms with Crippen molar-refractivity contribution >= 4 is 11.7 Å². The summed E-state index contributed by atoms with van der Waals surface area (Å²) in [6.45, 7) is 2.11. The van der Waals surface area contributed by atoms with Crippen molar-refractivity contribution in [3.63, 3.8) is 0 Å². The molecule has 4 heteroatoms. The van der Waals surface area contributed by atoms with E-state index in [0.717, 1.165) is 31.5 Å². The Kier molecular flexibility index (Phi) is 3.33. The molecule has 17 heavy (non-hydrogen) atoms. The van der Waals surface area contributed by atoms with Gasteiger partial charge in [-0.3, -0.25) is 0 Å². The lowest BCUT2D eigenvalue weighted by Gasteiger charge is -2.29. The van der Waals surface area contributed by atoms with Gasteiger partial charge in [0.25, 0.3) is 0 Å². The van der Waals surface area contributed by atoms with Crippen LogP contribution in [0.2, 0.25) is 0 Å². The van der Waals surface area contributed by atoms with Gasteiger partial charge in [0.05, 0.1) is 5.56 Å². The fraction of sp³-hybridized carbons (Fsp3) is 0.462. The van der Waals surface area contributed by atoms with Gasteiger partial charge in [-0.05, 0) is 62.7 Å². The van der Waals surface area contributed by atoms with Gasteiger partial charge in [0.1, 0.15) is 0 Å². The molecule has 0 saturated carbocycles. The molecule has 1 heterocycles. The van der Waals surface area contributed by atoms with Crippen LogP contribution in [0.25, 0.3) is 0 Å². The first-order valence-corrected chi connectivity index (χ1v) is 5.88. The van der Waals surface area contributed by atoms with E-state index in [-0.39, 0.29) is 0 Å². The lowest BCUT2D eigenvalue weighted by Crippen LogP contribution is -2.29. The number of likely N-dealkylation sites (tertiary alicyclic amines) is 1. The van der Waals surface area contributed by atoms with Gasteiger partial charge in [0.15, 0.2) is 0 Å². The summed E-state index contributed by atoms with van der Waals surface area (Å²) in [5.41, 5.74) is 7.65. The Morgan fingerprint density at radius 2 is 2.00 bits per heavy atom.